The summed E-state index contributed by atoms with van der Waals surface area (Å²) in [4.78, 5) is 29.1. The second-order valence-corrected chi connectivity index (χ2v) is 8.93. The van der Waals surface area contributed by atoms with Crippen LogP contribution in [-0.4, -0.2) is 30.5 Å². The molecule has 1 aliphatic rings. The number of aromatic nitrogens is 1. The molecule has 0 saturated heterocycles. The number of nitrogens with zero attached hydrogens (tertiary/aromatic N) is 1. The minimum atomic E-state index is -0.154. The van der Waals surface area contributed by atoms with E-state index in [1.807, 2.05) is 36.4 Å². The van der Waals surface area contributed by atoms with Gasteiger partial charge in [0.25, 0.3) is 5.91 Å². The average Bonchev–Trinajstić information content (AvgIpc) is 3.26. The number of nitrogens with one attached hydrogen (secondary N) is 2. The second kappa shape index (κ2) is 11.3. The maximum absolute atomic E-state index is 12.5. The number of rotatable bonds is 10. The Morgan fingerprint density at radius 2 is 1.82 bits per heavy atom. The Labute approximate surface area is 203 Å². The summed E-state index contributed by atoms with van der Waals surface area (Å²) in [7, 11) is 1.63. The standard InChI is InChI=1S/C26H28ClN3O4/c1-33-15-17-2-4-19(5-3-17)25(31)28-11-10-24-23(30-16-34-24)14-29-26(32)21-12-20(13-21)18-6-8-22(27)9-7-18/h2-9,16,20-21H,10-15H2,1H3,(H,28,31)(H,29,32). The molecule has 4 rings (SSSR count). The Morgan fingerprint density at radius 1 is 1.09 bits per heavy atom. The molecule has 0 spiro atoms. The largest absolute Gasteiger partial charge is 0.448 e. The summed E-state index contributed by atoms with van der Waals surface area (Å²) in [5.41, 5.74) is 3.50. The number of hydrogen-bond acceptors (Lipinski definition) is 5. The van der Waals surface area contributed by atoms with Crippen LogP contribution in [0.25, 0.3) is 0 Å². The molecule has 7 nitrogen and oxygen atoms in total. The van der Waals surface area contributed by atoms with Gasteiger partial charge in [0, 0.05) is 36.6 Å². The van der Waals surface area contributed by atoms with Gasteiger partial charge < -0.3 is 19.8 Å². The molecule has 0 bridgehead atoms. The van der Waals surface area contributed by atoms with Crippen molar-refractivity contribution in [3.63, 3.8) is 0 Å². The van der Waals surface area contributed by atoms with Crippen molar-refractivity contribution in [3.8, 4) is 0 Å². The summed E-state index contributed by atoms with van der Waals surface area (Å²) < 4.78 is 10.6. The minimum absolute atomic E-state index is 0.00518. The Bertz CT molecular complexity index is 1110. The first kappa shape index (κ1) is 24.0. The SMILES string of the molecule is COCc1ccc(C(=O)NCCc2ocnc2CNC(=O)C2CC(c3ccc(Cl)cc3)C2)cc1. The van der Waals surface area contributed by atoms with Crippen molar-refractivity contribution < 1.29 is 18.7 Å². The molecule has 1 aromatic heterocycles. The quantitative estimate of drug-likeness (QED) is 0.451. The topological polar surface area (TPSA) is 93.5 Å². The van der Waals surface area contributed by atoms with Gasteiger partial charge in [-0.1, -0.05) is 35.9 Å². The zero-order valence-corrected chi connectivity index (χ0v) is 19.8. The number of oxazole rings is 1. The van der Waals surface area contributed by atoms with Crippen LogP contribution in [0.5, 0.6) is 0 Å². The Kier molecular flexibility index (Phi) is 7.98. The minimum Gasteiger partial charge on any atom is -0.448 e. The predicted molar refractivity (Wildman–Crippen MR) is 128 cm³/mol. The molecule has 1 aliphatic carbocycles. The van der Waals surface area contributed by atoms with Gasteiger partial charge in [0.05, 0.1) is 13.2 Å². The van der Waals surface area contributed by atoms with Crippen LogP contribution in [0.15, 0.2) is 59.3 Å². The number of halogens is 1. The van der Waals surface area contributed by atoms with E-state index in [0.717, 1.165) is 23.4 Å². The van der Waals surface area contributed by atoms with Crippen LogP contribution in [0.3, 0.4) is 0 Å². The molecular formula is C26H28ClN3O4. The van der Waals surface area contributed by atoms with Crippen molar-refractivity contribution in [2.75, 3.05) is 13.7 Å². The lowest BCUT2D eigenvalue weighted by Gasteiger charge is -2.34. The van der Waals surface area contributed by atoms with Gasteiger partial charge in [-0.2, -0.15) is 0 Å². The van der Waals surface area contributed by atoms with Gasteiger partial charge >= 0.3 is 0 Å². The predicted octanol–water partition coefficient (Wildman–Crippen LogP) is 4.26. The molecule has 2 amide bonds. The number of benzene rings is 2. The smallest absolute Gasteiger partial charge is 0.251 e. The number of ether oxygens (including phenoxy) is 1. The Balaban J connectivity index is 1.19. The van der Waals surface area contributed by atoms with Crippen LogP contribution in [0.2, 0.25) is 5.02 Å². The molecule has 178 valence electrons. The highest BCUT2D eigenvalue weighted by atomic mass is 35.5. The summed E-state index contributed by atoms with van der Waals surface area (Å²) in [6, 6.07) is 15.1. The molecular weight excluding hydrogens is 454 g/mol. The van der Waals surface area contributed by atoms with E-state index in [9.17, 15) is 9.59 Å². The van der Waals surface area contributed by atoms with E-state index in [4.69, 9.17) is 20.8 Å². The van der Waals surface area contributed by atoms with Gasteiger partial charge in [-0.15, -0.1) is 0 Å². The molecule has 34 heavy (non-hydrogen) atoms. The molecule has 1 heterocycles. The number of hydrogen-bond donors (Lipinski definition) is 2. The first-order valence-electron chi connectivity index (χ1n) is 11.3. The van der Waals surface area contributed by atoms with Crippen molar-refractivity contribution in [3.05, 3.63) is 88.1 Å². The summed E-state index contributed by atoms with van der Waals surface area (Å²) >= 11 is 5.95. The normalized spacial score (nSPS) is 17.1. The van der Waals surface area contributed by atoms with Gasteiger partial charge in [0.15, 0.2) is 6.39 Å². The number of methoxy groups -OCH3 is 1. The highest BCUT2D eigenvalue weighted by Crippen LogP contribution is 2.41. The van der Waals surface area contributed by atoms with Crippen LogP contribution < -0.4 is 10.6 Å². The van der Waals surface area contributed by atoms with E-state index in [1.165, 1.54) is 12.0 Å². The Hall–Kier alpha value is -3.16. The average molecular weight is 482 g/mol. The second-order valence-electron chi connectivity index (χ2n) is 8.49. The van der Waals surface area contributed by atoms with E-state index in [2.05, 4.69) is 15.6 Å². The summed E-state index contributed by atoms with van der Waals surface area (Å²) in [6.07, 6.45) is 3.52. The van der Waals surface area contributed by atoms with E-state index in [-0.39, 0.29) is 17.7 Å². The van der Waals surface area contributed by atoms with Crippen molar-refractivity contribution in [1.82, 2.24) is 15.6 Å². The first-order chi connectivity index (χ1) is 16.5. The molecule has 0 atom stereocenters. The van der Waals surface area contributed by atoms with Crippen LogP contribution in [0.1, 0.15) is 51.7 Å². The van der Waals surface area contributed by atoms with E-state index in [0.29, 0.717) is 49.1 Å². The van der Waals surface area contributed by atoms with Crippen LogP contribution in [0.4, 0.5) is 0 Å². The number of carbonyl (C=O) groups excluding carboxylic acids is 2. The monoisotopic (exact) mass is 481 g/mol. The van der Waals surface area contributed by atoms with Crippen LogP contribution >= 0.6 is 11.6 Å². The van der Waals surface area contributed by atoms with Crippen molar-refractivity contribution in [2.24, 2.45) is 5.92 Å². The third-order valence-electron chi connectivity index (χ3n) is 6.17. The molecule has 2 aromatic carbocycles. The van der Waals surface area contributed by atoms with Crippen molar-refractivity contribution in [1.29, 1.82) is 0 Å². The molecule has 0 aliphatic heterocycles. The fourth-order valence-corrected chi connectivity index (χ4v) is 4.23. The maximum Gasteiger partial charge on any atom is 0.251 e. The lowest BCUT2D eigenvalue weighted by molar-refractivity contribution is -0.128. The lowest BCUT2D eigenvalue weighted by atomic mass is 9.71. The zero-order valence-electron chi connectivity index (χ0n) is 19.1. The molecule has 0 unspecified atom stereocenters. The first-order valence-corrected chi connectivity index (χ1v) is 11.7. The van der Waals surface area contributed by atoms with Gasteiger partial charge in [0.2, 0.25) is 5.91 Å². The highest BCUT2D eigenvalue weighted by molar-refractivity contribution is 6.30. The highest BCUT2D eigenvalue weighted by Gasteiger charge is 2.35. The number of amides is 2. The van der Waals surface area contributed by atoms with Gasteiger partial charge in [0.1, 0.15) is 11.5 Å². The maximum atomic E-state index is 12.5. The summed E-state index contributed by atoms with van der Waals surface area (Å²) in [5.74, 6) is 0.938. The molecule has 0 radical (unpaired) electrons. The van der Waals surface area contributed by atoms with E-state index in [1.54, 1.807) is 19.2 Å². The lowest BCUT2D eigenvalue weighted by Crippen LogP contribution is -2.37. The Morgan fingerprint density at radius 3 is 2.53 bits per heavy atom. The van der Waals surface area contributed by atoms with E-state index < -0.39 is 0 Å². The summed E-state index contributed by atoms with van der Waals surface area (Å²) in [5, 5.41) is 6.58. The van der Waals surface area contributed by atoms with Crippen LogP contribution in [-0.2, 0) is 29.1 Å². The molecule has 8 heteroatoms. The van der Waals surface area contributed by atoms with Crippen LogP contribution in [0, 0.1) is 5.92 Å². The molecule has 1 fully saturated rings. The van der Waals surface area contributed by atoms with E-state index >= 15 is 0 Å². The fraction of sp³-hybridized carbons (Fsp3) is 0.346. The fourth-order valence-electron chi connectivity index (χ4n) is 4.11. The molecule has 3 aromatic rings. The third-order valence-corrected chi connectivity index (χ3v) is 6.42. The van der Waals surface area contributed by atoms with Gasteiger partial charge in [-0.05, 0) is 54.2 Å². The zero-order chi connectivity index (χ0) is 23.9. The van der Waals surface area contributed by atoms with Crippen molar-refractivity contribution >= 4 is 23.4 Å². The van der Waals surface area contributed by atoms with Gasteiger partial charge in [-0.25, -0.2) is 4.98 Å². The third kappa shape index (κ3) is 6.04. The summed E-state index contributed by atoms with van der Waals surface area (Å²) in [6.45, 7) is 1.22. The van der Waals surface area contributed by atoms with Crippen molar-refractivity contribution in [2.45, 2.75) is 38.3 Å². The van der Waals surface area contributed by atoms with Gasteiger partial charge in [-0.3, -0.25) is 9.59 Å². The number of carbonyl (C=O) groups is 2. The molecule has 1 saturated carbocycles. The molecule has 2 N–H and O–H groups in total.